The molecule has 2 aromatic heterocycles. The lowest BCUT2D eigenvalue weighted by atomic mass is 10.3. The Morgan fingerprint density at radius 1 is 1.38 bits per heavy atom. The van der Waals surface area contributed by atoms with Gasteiger partial charge < -0.3 is 10.1 Å². The molecule has 1 aliphatic heterocycles. The topological polar surface area (TPSA) is 97.2 Å². The maximum absolute atomic E-state index is 11.9. The molecule has 2 N–H and O–H groups in total. The zero-order chi connectivity index (χ0) is 16.8. The van der Waals surface area contributed by atoms with Gasteiger partial charge in [0.15, 0.2) is 0 Å². The van der Waals surface area contributed by atoms with Crippen LogP contribution in [0.4, 0.5) is 9.93 Å². The van der Waals surface area contributed by atoms with Gasteiger partial charge in [0.2, 0.25) is 5.13 Å². The lowest BCUT2D eigenvalue weighted by molar-refractivity contribution is 0.0384. The number of ether oxygens (including phenoxy) is 1. The average Bonchev–Trinajstić information content (AvgIpc) is 3.21. The molecule has 10 heteroatoms. The number of hydrogen-bond donors (Lipinski definition) is 2. The van der Waals surface area contributed by atoms with Crippen LogP contribution in [-0.4, -0.2) is 63.8 Å². The Morgan fingerprint density at radius 3 is 2.96 bits per heavy atom. The second kappa shape index (κ2) is 8.18. The number of morpholine rings is 1. The predicted molar refractivity (Wildman–Crippen MR) is 89.9 cm³/mol. The molecule has 0 bridgehead atoms. The van der Waals surface area contributed by atoms with E-state index in [0.29, 0.717) is 11.7 Å². The molecule has 1 aliphatic rings. The number of hydrogen-bond acceptors (Lipinski definition) is 7. The van der Waals surface area contributed by atoms with E-state index in [0.717, 1.165) is 49.8 Å². The number of carbonyl (C=O) groups excluding carboxylic acids is 1. The predicted octanol–water partition coefficient (Wildman–Crippen LogP) is 0.468. The lowest BCUT2D eigenvalue weighted by Crippen LogP contribution is -2.37. The van der Waals surface area contributed by atoms with Gasteiger partial charge in [-0.3, -0.25) is 14.9 Å². The Balaban J connectivity index is 1.40. The van der Waals surface area contributed by atoms with Gasteiger partial charge in [-0.05, 0) is 0 Å². The number of aryl methyl sites for hydroxylation is 1. The third kappa shape index (κ3) is 4.98. The molecule has 0 aliphatic carbocycles. The van der Waals surface area contributed by atoms with Crippen LogP contribution in [0.15, 0.2) is 12.4 Å². The number of urea groups is 1. The van der Waals surface area contributed by atoms with Crippen molar-refractivity contribution >= 4 is 22.5 Å². The minimum absolute atomic E-state index is 0.297. The Morgan fingerprint density at radius 2 is 2.21 bits per heavy atom. The summed E-state index contributed by atoms with van der Waals surface area (Å²) in [4.78, 5) is 14.2. The summed E-state index contributed by atoms with van der Waals surface area (Å²) in [7, 11) is 1.84. The van der Waals surface area contributed by atoms with E-state index in [1.165, 1.54) is 11.3 Å². The van der Waals surface area contributed by atoms with Crippen LogP contribution >= 0.6 is 11.3 Å². The maximum atomic E-state index is 11.9. The second-order valence-electron chi connectivity index (χ2n) is 5.53. The van der Waals surface area contributed by atoms with E-state index in [-0.39, 0.29) is 6.03 Å². The first kappa shape index (κ1) is 16.8. The van der Waals surface area contributed by atoms with E-state index in [1.54, 1.807) is 10.9 Å². The van der Waals surface area contributed by atoms with E-state index in [9.17, 15) is 4.79 Å². The van der Waals surface area contributed by atoms with Crippen molar-refractivity contribution in [3.8, 4) is 0 Å². The van der Waals surface area contributed by atoms with Crippen molar-refractivity contribution in [2.24, 2.45) is 7.05 Å². The Hall–Kier alpha value is -2.04. The number of anilines is 1. The summed E-state index contributed by atoms with van der Waals surface area (Å²) in [6, 6.07) is -0.297. The van der Waals surface area contributed by atoms with Crippen LogP contribution < -0.4 is 10.6 Å². The zero-order valence-corrected chi connectivity index (χ0v) is 14.4. The fourth-order valence-electron chi connectivity index (χ4n) is 2.37. The first-order chi connectivity index (χ1) is 11.7. The van der Waals surface area contributed by atoms with Gasteiger partial charge in [0.05, 0.1) is 19.4 Å². The molecule has 0 unspecified atom stereocenters. The molecular weight excluding hydrogens is 330 g/mol. The first-order valence-electron chi connectivity index (χ1n) is 7.84. The fraction of sp³-hybridized carbons (Fsp3) is 0.571. The van der Waals surface area contributed by atoms with Crippen molar-refractivity contribution in [1.29, 1.82) is 0 Å². The van der Waals surface area contributed by atoms with E-state index in [2.05, 4.69) is 30.8 Å². The zero-order valence-electron chi connectivity index (χ0n) is 13.6. The number of rotatable bonds is 6. The van der Waals surface area contributed by atoms with E-state index < -0.39 is 0 Å². The van der Waals surface area contributed by atoms with Crippen LogP contribution in [0, 0.1) is 0 Å². The molecule has 2 aromatic rings. The van der Waals surface area contributed by atoms with Crippen molar-refractivity contribution < 1.29 is 9.53 Å². The molecule has 0 aromatic carbocycles. The number of aromatic nitrogens is 4. The molecule has 24 heavy (non-hydrogen) atoms. The van der Waals surface area contributed by atoms with Gasteiger partial charge in [-0.15, -0.1) is 10.2 Å². The van der Waals surface area contributed by atoms with Crippen molar-refractivity contribution in [3.05, 3.63) is 23.0 Å². The van der Waals surface area contributed by atoms with E-state index in [1.807, 2.05) is 13.2 Å². The van der Waals surface area contributed by atoms with Crippen LogP contribution in [0.3, 0.4) is 0 Å². The molecule has 9 nitrogen and oxygen atoms in total. The fourth-order valence-corrected chi connectivity index (χ4v) is 3.09. The molecule has 0 atom stereocenters. The van der Waals surface area contributed by atoms with E-state index in [4.69, 9.17) is 4.74 Å². The standard InChI is InChI=1S/C14H21N7O2S/c1-20-10-11(9-16-20)8-15-13(22)17-14-19-18-12(24-14)2-3-21-4-6-23-7-5-21/h9-10H,2-8H2,1H3,(H2,15,17,19,22). The molecule has 0 spiro atoms. The van der Waals surface area contributed by atoms with Gasteiger partial charge in [0, 0.05) is 51.4 Å². The lowest BCUT2D eigenvalue weighted by Gasteiger charge is -2.25. The molecule has 3 heterocycles. The largest absolute Gasteiger partial charge is 0.379 e. The summed E-state index contributed by atoms with van der Waals surface area (Å²) < 4.78 is 7.02. The summed E-state index contributed by atoms with van der Waals surface area (Å²) >= 11 is 1.41. The summed E-state index contributed by atoms with van der Waals surface area (Å²) in [5.41, 5.74) is 0.941. The van der Waals surface area contributed by atoms with Crippen molar-refractivity contribution in [2.75, 3.05) is 38.2 Å². The molecule has 1 fully saturated rings. The molecule has 0 radical (unpaired) electrons. The Labute approximate surface area is 144 Å². The van der Waals surface area contributed by atoms with Crippen LogP contribution in [-0.2, 0) is 24.8 Å². The van der Waals surface area contributed by atoms with Gasteiger partial charge in [-0.25, -0.2) is 4.79 Å². The van der Waals surface area contributed by atoms with Crippen LogP contribution in [0.5, 0.6) is 0 Å². The molecule has 2 amide bonds. The quantitative estimate of drug-likeness (QED) is 0.785. The Kier molecular flexibility index (Phi) is 5.72. The van der Waals surface area contributed by atoms with E-state index >= 15 is 0 Å². The van der Waals surface area contributed by atoms with Crippen LogP contribution in [0.1, 0.15) is 10.6 Å². The van der Waals surface area contributed by atoms with Crippen LogP contribution in [0.25, 0.3) is 0 Å². The number of nitrogens with zero attached hydrogens (tertiary/aromatic N) is 5. The highest BCUT2D eigenvalue weighted by atomic mass is 32.1. The Bertz CT molecular complexity index is 666. The normalized spacial score (nSPS) is 15.4. The van der Waals surface area contributed by atoms with Gasteiger partial charge in [-0.2, -0.15) is 5.10 Å². The summed E-state index contributed by atoms with van der Waals surface area (Å²) in [6.45, 7) is 4.86. The minimum Gasteiger partial charge on any atom is -0.379 e. The highest BCUT2D eigenvalue weighted by Crippen LogP contribution is 2.16. The summed E-state index contributed by atoms with van der Waals surface area (Å²) in [6.07, 6.45) is 4.40. The summed E-state index contributed by atoms with van der Waals surface area (Å²) in [5, 5.41) is 19.1. The first-order valence-corrected chi connectivity index (χ1v) is 8.65. The number of carbonyl (C=O) groups is 1. The number of amides is 2. The molecule has 3 rings (SSSR count). The van der Waals surface area contributed by atoms with Gasteiger partial charge >= 0.3 is 6.03 Å². The van der Waals surface area contributed by atoms with Gasteiger partial charge in [0.1, 0.15) is 5.01 Å². The summed E-state index contributed by atoms with van der Waals surface area (Å²) in [5.74, 6) is 0. The smallest absolute Gasteiger partial charge is 0.321 e. The molecule has 130 valence electrons. The average molecular weight is 351 g/mol. The third-order valence-corrected chi connectivity index (χ3v) is 4.54. The number of nitrogens with one attached hydrogen (secondary N) is 2. The highest BCUT2D eigenvalue weighted by Gasteiger charge is 2.12. The third-order valence-electron chi connectivity index (χ3n) is 3.64. The highest BCUT2D eigenvalue weighted by molar-refractivity contribution is 7.15. The van der Waals surface area contributed by atoms with Crippen molar-refractivity contribution in [3.63, 3.8) is 0 Å². The maximum Gasteiger partial charge on any atom is 0.321 e. The van der Waals surface area contributed by atoms with Gasteiger partial charge in [-0.1, -0.05) is 11.3 Å². The van der Waals surface area contributed by atoms with Crippen molar-refractivity contribution in [2.45, 2.75) is 13.0 Å². The van der Waals surface area contributed by atoms with Crippen molar-refractivity contribution in [1.82, 2.24) is 30.2 Å². The second-order valence-corrected chi connectivity index (χ2v) is 6.60. The van der Waals surface area contributed by atoms with Gasteiger partial charge in [0.25, 0.3) is 0 Å². The van der Waals surface area contributed by atoms with Crippen LogP contribution in [0.2, 0.25) is 0 Å². The minimum atomic E-state index is -0.297. The monoisotopic (exact) mass is 351 g/mol. The molecular formula is C14H21N7O2S. The SMILES string of the molecule is Cn1cc(CNC(=O)Nc2nnc(CCN3CCOCC3)s2)cn1. The molecule has 1 saturated heterocycles. The molecule has 0 saturated carbocycles.